The average molecular weight is 373 g/mol. The van der Waals surface area contributed by atoms with Crippen LogP contribution in [0.2, 0.25) is 0 Å². The lowest BCUT2D eigenvalue weighted by atomic mass is 9.96. The smallest absolute Gasteiger partial charge is 0.340 e. The second-order valence-corrected chi connectivity index (χ2v) is 7.30. The highest BCUT2D eigenvalue weighted by Gasteiger charge is 2.24. The van der Waals surface area contributed by atoms with Crippen molar-refractivity contribution in [1.82, 2.24) is 5.32 Å². The van der Waals surface area contributed by atoms with Crippen LogP contribution in [0, 0.1) is 0 Å². The molecule has 0 aliphatic heterocycles. The Kier molecular flexibility index (Phi) is 5.93. The summed E-state index contributed by atoms with van der Waals surface area (Å²) >= 11 is 1.61. The number of hydrogen-bond acceptors (Lipinski definition) is 5. The minimum atomic E-state index is -0.851. The molecule has 0 saturated heterocycles. The minimum absolute atomic E-state index is 0.318. The van der Waals surface area contributed by atoms with Crippen LogP contribution in [0.4, 0.5) is 0 Å². The molecule has 1 heterocycles. The monoisotopic (exact) mass is 373 g/mol. The van der Waals surface area contributed by atoms with Crippen molar-refractivity contribution in [2.45, 2.75) is 45.3 Å². The van der Waals surface area contributed by atoms with Crippen LogP contribution in [0.5, 0.6) is 5.75 Å². The lowest BCUT2D eigenvalue weighted by molar-refractivity contribution is -0.129. The van der Waals surface area contributed by atoms with E-state index in [2.05, 4.69) is 5.32 Å². The van der Waals surface area contributed by atoms with Crippen LogP contribution in [0.1, 0.15) is 46.1 Å². The SMILES string of the molecule is COc1ccccc1CNC(=O)[C@@H](C)OC(=O)c1csc2c1CCCC2. The van der Waals surface area contributed by atoms with E-state index in [4.69, 9.17) is 9.47 Å². The fourth-order valence-electron chi connectivity index (χ4n) is 3.12. The Morgan fingerprint density at radius 3 is 2.81 bits per heavy atom. The van der Waals surface area contributed by atoms with Crippen molar-refractivity contribution >= 4 is 23.2 Å². The highest BCUT2D eigenvalue weighted by atomic mass is 32.1. The average Bonchev–Trinajstić information content (AvgIpc) is 3.10. The summed E-state index contributed by atoms with van der Waals surface area (Å²) in [5.41, 5.74) is 2.59. The van der Waals surface area contributed by atoms with Gasteiger partial charge in [-0.3, -0.25) is 4.79 Å². The third kappa shape index (κ3) is 4.07. The standard InChI is InChI=1S/C20H23NO4S/c1-13(19(22)21-11-14-7-3-5-9-17(14)24-2)25-20(23)16-12-26-18-10-6-4-8-15(16)18/h3,5,7,9,12-13H,4,6,8,10-11H2,1-2H3,(H,21,22)/t13-/m1/s1. The predicted molar refractivity (Wildman–Crippen MR) is 101 cm³/mol. The molecule has 1 aliphatic carbocycles. The Morgan fingerprint density at radius 2 is 2.00 bits per heavy atom. The lowest BCUT2D eigenvalue weighted by Gasteiger charge is -2.16. The summed E-state index contributed by atoms with van der Waals surface area (Å²) in [4.78, 5) is 26.0. The molecule has 0 unspecified atom stereocenters. The maximum absolute atomic E-state index is 12.5. The van der Waals surface area contributed by atoms with Crippen molar-refractivity contribution in [2.24, 2.45) is 0 Å². The van der Waals surface area contributed by atoms with Crippen LogP contribution >= 0.6 is 11.3 Å². The highest BCUT2D eigenvalue weighted by molar-refractivity contribution is 7.10. The molecule has 1 aromatic carbocycles. The predicted octanol–water partition coefficient (Wildman–Crippen LogP) is 3.50. The maximum atomic E-state index is 12.5. The topological polar surface area (TPSA) is 64.6 Å². The van der Waals surface area contributed by atoms with Gasteiger partial charge in [-0.2, -0.15) is 0 Å². The van der Waals surface area contributed by atoms with Gasteiger partial charge in [0.1, 0.15) is 5.75 Å². The van der Waals surface area contributed by atoms with Gasteiger partial charge in [-0.15, -0.1) is 11.3 Å². The zero-order chi connectivity index (χ0) is 18.5. The third-order valence-electron chi connectivity index (χ3n) is 4.58. The number of carbonyl (C=O) groups excluding carboxylic acids is 2. The Labute approximate surface area is 157 Å². The molecule has 1 aromatic heterocycles. The molecular weight excluding hydrogens is 350 g/mol. The first-order valence-corrected chi connectivity index (χ1v) is 9.68. The minimum Gasteiger partial charge on any atom is -0.496 e. The number of nitrogens with one attached hydrogen (secondary N) is 1. The zero-order valence-electron chi connectivity index (χ0n) is 15.0. The zero-order valence-corrected chi connectivity index (χ0v) is 15.9. The first-order valence-electron chi connectivity index (χ1n) is 8.80. The van der Waals surface area contributed by atoms with Crippen molar-refractivity contribution in [3.63, 3.8) is 0 Å². The van der Waals surface area contributed by atoms with E-state index in [1.165, 1.54) is 11.3 Å². The van der Waals surface area contributed by atoms with Gasteiger partial charge in [-0.25, -0.2) is 4.79 Å². The molecule has 0 saturated carbocycles. The van der Waals surface area contributed by atoms with Gasteiger partial charge in [0.2, 0.25) is 0 Å². The molecule has 6 heteroatoms. The number of fused-ring (bicyclic) bond motifs is 1. The number of esters is 1. The van der Waals surface area contributed by atoms with Gasteiger partial charge in [-0.05, 0) is 44.2 Å². The first kappa shape index (κ1) is 18.5. The Balaban J connectivity index is 1.57. The number of methoxy groups -OCH3 is 1. The van der Waals surface area contributed by atoms with Gasteiger partial charge >= 0.3 is 5.97 Å². The summed E-state index contributed by atoms with van der Waals surface area (Å²) in [5.74, 6) is -0.0277. The molecule has 5 nitrogen and oxygen atoms in total. The highest BCUT2D eigenvalue weighted by Crippen LogP contribution is 2.30. The van der Waals surface area contributed by atoms with E-state index in [-0.39, 0.29) is 5.91 Å². The fraction of sp³-hybridized carbons (Fsp3) is 0.400. The van der Waals surface area contributed by atoms with Gasteiger partial charge in [0.25, 0.3) is 5.91 Å². The number of benzene rings is 1. The van der Waals surface area contributed by atoms with Crippen LogP contribution in [0.15, 0.2) is 29.6 Å². The molecule has 3 rings (SSSR count). The number of ether oxygens (including phenoxy) is 2. The van der Waals surface area contributed by atoms with E-state index in [1.807, 2.05) is 29.6 Å². The molecule has 0 radical (unpaired) electrons. The van der Waals surface area contributed by atoms with Crippen LogP contribution in [-0.2, 0) is 28.9 Å². The number of hydrogen-bond donors (Lipinski definition) is 1. The summed E-state index contributed by atoms with van der Waals surface area (Å²) < 4.78 is 10.7. The molecule has 2 aromatic rings. The number of para-hydroxylation sites is 1. The molecule has 1 amide bonds. The number of amides is 1. The molecule has 1 aliphatic rings. The van der Waals surface area contributed by atoms with Crippen molar-refractivity contribution in [1.29, 1.82) is 0 Å². The van der Waals surface area contributed by atoms with Crippen molar-refractivity contribution in [2.75, 3.05) is 7.11 Å². The van der Waals surface area contributed by atoms with E-state index in [1.54, 1.807) is 25.4 Å². The van der Waals surface area contributed by atoms with Crippen LogP contribution in [-0.4, -0.2) is 25.1 Å². The van der Waals surface area contributed by atoms with Gasteiger partial charge in [-0.1, -0.05) is 18.2 Å². The lowest BCUT2D eigenvalue weighted by Crippen LogP contribution is -2.35. The number of carbonyl (C=O) groups is 2. The van der Waals surface area contributed by atoms with Crippen LogP contribution in [0.3, 0.4) is 0 Å². The normalized spacial score (nSPS) is 14.2. The largest absolute Gasteiger partial charge is 0.496 e. The van der Waals surface area contributed by atoms with E-state index in [0.29, 0.717) is 17.9 Å². The van der Waals surface area contributed by atoms with E-state index in [0.717, 1.165) is 30.4 Å². The van der Waals surface area contributed by atoms with E-state index < -0.39 is 12.1 Å². The van der Waals surface area contributed by atoms with Gasteiger partial charge < -0.3 is 14.8 Å². The Hall–Kier alpha value is -2.34. The van der Waals surface area contributed by atoms with E-state index in [9.17, 15) is 9.59 Å². The summed E-state index contributed by atoms with van der Waals surface area (Å²) in [5, 5.41) is 4.65. The fourth-order valence-corrected chi connectivity index (χ4v) is 4.23. The number of rotatable bonds is 6. The molecular formula is C20H23NO4S. The summed E-state index contributed by atoms with van der Waals surface area (Å²) in [7, 11) is 1.59. The van der Waals surface area contributed by atoms with Crippen LogP contribution < -0.4 is 10.1 Å². The third-order valence-corrected chi connectivity index (χ3v) is 5.67. The molecule has 1 atom stereocenters. The van der Waals surface area contributed by atoms with Crippen molar-refractivity contribution in [3.8, 4) is 5.75 Å². The molecule has 0 bridgehead atoms. The van der Waals surface area contributed by atoms with Gasteiger partial charge in [0.05, 0.1) is 12.7 Å². The molecule has 26 heavy (non-hydrogen) atoms. The first-order chi connectivity index (χ1) is 12.6. The molecule has 138 valence electrons. The van der Waals surface area contributed by atoms with Gasteiger partial charge in [0, 0.05) is 22.4 Å². The summed E-state index contributed by atoms with van der Waals surface area (Å²) in [6.07, 6.45) is 3.36. The second kappa shape index (κ2) is 8.36. The second-order valence-electron chi connectivity index (χ2n) is 6.34. The number of aryl methyl sites for hydroxylation is 1. The summed E-state index contributed by atoms with van der Waals surface area (Å²) in [6.45, 7) is 1.91. The Bertz CT molecular complexity index is 799. The number of thiophene rings is 1. The summed E-state index contributed by atoms with van der Waals surface area (Å²) in [6, 6.07) is 7.47. The van der Waals surface area contributed by atoms with Crippen LogP contribution in [0.25, 0.3) is 0 Å². The maximum Gasteiger partial charge on any atom is 0.340 e. The molecule has 0 spiro atoms. The Morgan fingerprint density at radius 1 is 1.23 bits per heavy atom. The van der Waals surface area contributed by atoms with Gasteiger partial charge in [0.15, 0.2) is 6.10 Å². The van der Waals surface area contributed by atoms with E-state index >= 15 is 0 Å². The quantitative estimate of drug-likeness (QED) is 0.787. The molecule has 1 N–H and O–H groups in total. The van der Waals surface area contributed by atoms with Crippen molar-refractivity contribution in [3.05, 3.63) is 51.2 Å². The van der Waals surface area contributed by atoms with Crippen molar-refractivity contribution < 1.29 is 19.1 Å². The molecule has 0 fully saturated rings.